The summed E-state index contributed by atoms with van der Waals surface area (Å²) in [6.45, 7) is 0. The first-order valence-electron chi connectivity index (χ1n) is 11.0. The second kappa shape index (κ2) is 10.4. The molecule has 4 rings (SSSR count). The average Bonchev–Trinajstić information content (AvgIpc) is 2.86. The van der Waals surface area contributed by atoms with Crippen molar-refractivity contribution >= 4 is 11.8 Å². The maximum atomic E-state index is 13.4. The zero-order chi connectivity index (χ0) is 23.0. The summed E-state index contributed by atoms with van der Waals surface area (Å²) in [5.74, 6) is -1.35. The molecule has 0 aliphatic carbocycles. The Hall–Kier alpha value is -4.18. The van der Waals surface area contributed by atoms with Crippen molar-refractivity contribution in [1.82, 2.24) is 5.32 Å². The Morgan fingerprint density at radius 3 is 1.58 bits per heavy atom. The maximum Gasteiger partial charge on any atom is 0.240 e. The van der Waals surface area contributed by atoms with E-state index in [-0.39, 0.29) is 5.91 Å². The number of carbonyl (C=O) groups excluding carboxylic acids is 2. The van der Waals surface area contributed by atoms with Gasteiger partial charge in [0.15, 0.2) is 0 Å². The third-order valence-corrected chi connectivity index (χ3v) is 5.69. The van der Waals surface area contributed by atoms with E-state index in [9.17, 15) is 9.59 Å². The van der Waals surface area contributed by atoms with Gasteiger partial charge < -0.3 is 11.1 Å². The number of rotatable bonds is 8. The van der Waals surface area contributed by atoms with Crippen LogP contribution in [0.2, 0.25) is 0 Å². The molecule has 33 heavy (non-hydrogen) atoms. The Kier molecular flexibility index (Phi) is 6.96. The van der Waals surface area contributed by atoms with E-state index in [1.807, 2.05) is 103 Å². The van der Waals surface area contributed by atoms with Crippen LogP contribution in [0.1, 0.15) is 22.6 Å². The van der Waals surface area contributed by atoms with Crippen LogP contribution in [0.25, 0.3) is 11.1 Å². The molecule has 0 spiro atoms. The Balaban J connectivity index is 1.53. The van der Waals surface area contributed by atoms with Gasteiger partial charge in [-0.25, -0.2) is 0 Å². The molecule has 3 N–H and O–H groups in total. The monoisotopic (exact) mass is 434 g/mol. The van der Waals surface area contributed by atoms with Gasteiger partial charge in [0.2, 0.25) is 11.8 Å². The molecule has 0 aliphatic rings. The van der Waals surface area contributed by atoms with E-state index in [0.29, 0.717) is 6.42 Å². The highest BCUT2D eigenvalue weighted by atomic mass is 16.2. The summed E-state index contributed by atoms with van der Waals surface area (Å²) in [5, 5.41) is 2.89. The van der Waals surface area contributed by atoms with E-state index in [1.54, 1.807) is 0 Å². The van der Waals surface area contributed by atoms with Crippen LogP contribution in [0.4, 0.5) is 0 Å². The van der Waals surface area contributed by atoms with Gasteiger partial charge in [0.1, 0.15) is 6.04 Å². The summed E-state index contributed by atoms with van der Waals surface area (Å²) < 4.78 is 0. The number of carbonyl (C=O) groups is 2. The van der Waals surface area contributed by atoms with Crippen molar-refractivity contribution in [3.05, 3.63) is 132 Å². The van der Waals surface area contributed by atoms with Crippen LogP contribution in [0.5, 0.6) is 0 Å². The third kappa shape index (κ3) is 5.55. The zero-order valence-electron chi connectivity index (χ0n) is 18.2. The fourth-order valence-electron chi connectivity index (χ4n) is 3.96. The van der Waals surface area contributed by atoms with Gasteiger partial charge in [0.05, 0.1) is 5.92 Å². The van der Waals surface area contributed by atoms with Crippen molar-refractivity contribution in [2.24, 2.45) is 5.73 Å². The minimum atomic E-state index is -0.810. The molecular formula is C29H26N2O2. The standard InChI is InChI=1S/C29H26N2O2/c30-28(32)26(20-21-16-18-23(19-17-21)22-10-4-1-5-11-22)31-29(33)27(24-12-6-2-7-13-24)25-14-8-3-9-15-25/h1-19,26-27H,20H2,(H2,30,32)(H,31,33)/t26-/m0/s1. The number of amides is 2. The van der Waals surface area contributed by atoms with Crippen LogP contribution in [-0.2, 0) is 16.0 Å². The van der Waals surface area contributed by atoms with Crippen molar-refractivity contribution in [2.75, 3.05) is 0 Å². The quantitative estimate of drug-likeness (QED) is 0.422. The van der Waals surface area contributed by atoms with Crippen molar-refractivity contribution in [2.45, 2.75) is 18.4 Å². The Labute approximate surface area is 194 Å². The molecule has 4 heteroatoms. The molecule has 0 aliphatic heterocycles. The molecule has 0 fully saturated rings. The highest BCUT2D eigenvalue weighted by molar-refractivity contribution is 5.92. The van der Waals surface area contributed by atoms with E-state index in [4.69, 9.17) is 5.73 Å². The van der Waals surface area contributed by atoms with Crippen LogP contribution in [-0.4, -0.2) is 17.9 Å². The molecule has 0 heterocycles. The Morgan fingerprint density at radius 2 is 1.09 bits per heavy atom. The smallest absolute Gasteiger partial charge is 0.240 e. The molecule has 4 nitrogen and oxygen atoms in total. The number of nitrogens with one attached hydrogen (secondary N) is 1. The summed E-state index contributed by atoms with van der Waals surface area (Å²) in [4.78, 5) is 25.6. The molecule has 4 aromatic rings. The van der Waals surface area contributed by atoms with Crippen LogP contribution >= 0.6 is 0 Å². The van der Waals surface area contributed by atoms with Crippen molar-refractivity contribution in [1.29, 1.82) is 0 Å². The van der Waals surface area contributed by atoms with E-state index < -0.39 is 17.9 Å². The molecule has 0 aromatic heterocycles. The second-order valence-electron chi connectivity index (χ2n) is 7.98. The second-order valence-corrected chi connectivity index (χ2v) is 7.98. The number of primary amides is 1. The van der Waals surface area contributed by atoms with Gasteiger partial charge in [-0.15, -0.1) is 0 Å². The normalized spacial score (nSPS) is 11.7. The van der Waals surface area contributed by atoms with E-state index in [2.05, 4.69) is 17.4 Å². The number of benzene rings is 4. The molecule has 1 atom stereocenters. The van der Waals surface area contributed by atoms with E-state index in [0.717, 1.165) is 27.8 Å². The lowest BCUT2D eigenvalue weighted by atomic mass is 9.90. The van der Waals surface area contributed by atoms with Crippen LogP contribution < -0.4 is 11.1 Å². The largest absolute Gasteiger partial charge is 0.368 e. The average molecular weight is 435 g/mol. The molecule has 4 aromatic carbocycles. The predicted octanol–water partition coefficient (Wildman–Crippen LogP) is 4.70. The molecule has 0 unspecified atom stereocenters. The first-order valence-corrected chi connectivity index (χ1v) is 11.0. The number of hydrogen-bond acceptors (Lipinski definition) is 2. The van der Waals surface area contributed by atoms with Crippen LogP contribution in [0.3, 0.4) is 0 Å². The van der Waals surface area contributed by atoms with Crippen molar-refractivity contribution in [3.8, 4) is 11.1 Å². The summed E-state index contributed by atoms with van der Waals surface area (Å²) in [6.07, 6.45) is 0.326. The highest BCUT2D eigenvalue weighted by Gasteiger charge is 2.27. The predicted molar refractivity (Wildman–Crippen MR) is 131 cm³/mol. The molecule has 0 saturated heterocycles. The zero-order valence-corrected chi connectivity index (χ0v) is 18.2. The summed E-state index contributed by atoms with van der Waals surface area (Å²) in [5.41, 5.74) is 10.5. The number of nitrogens with two attached hydrogens (primary N) is 1. The van der Waals surface area contributed by atoms with Crippen molar-refractivity contribution in [3.63, 3.8) is 0 Å². The van der Waals surface area contributed by atoms with Gasteiger partial charge in [-0.3, -0.25) is 9.59 Å². The fourth-order valence-corrected chi connectivity index (χ4v) is 3.96. The minimum absolute atomic E-state index is 0.253. The molecular weight excluding hydrogens is 408 g/mol. The van der Waals surface area contributed by atoms with Gasteiger partial charge in [-0.05, 0) is 27.8 Å². The topological polar surface area (TPSA) is 72.2 Å². The molecule has 164 valence electrons. The lowest BCUT2D eigenvalue weighted by molar-refractivity contribution is -0.127. The third-order valence-electron chi connectivity index (χ3n) is 5.69. The van der Waals surface area contributed by atoms with Gasteiger partial charge in [0, 0.05) is 6.42 Å². The SMILES string of the molecule is NC(=O)[C@H](Cc1ccc(-c2ccccc2)cc1)NC(=O)C(c1ccccc1)c1ccccc1. The molecule has 0 saturated carbocycles. The maximum absolute atomic E-state index is 13.4. The van der Waals surface area contributed by atoms with Gasteiger partial charge in [0.25, 0.3) is 0 Å². The lowest BCUT2D eigenvalue weighted by Crippen LogP contribution is -2.47. The summed E-state index contributed by atoms with van der Waals surface area (Å²) in [6, 6.07) is 36.3. The summed E-state index contributed by atoms with van der Waals surface area (Å²) in [7, 11) is 0. The van der Waals surface area contributed by atoms with Gasteiger partial charge >= 0.3 is 0 Å². The lowest BCUT2D eigenvalue weighted by Gasteiger charge is -2.22. The van der Waals surface area contributed by atoms with Gasteiger partial charge in [-0.1, -0.05) is 115 Å². The molecule has 0 bridgehead atoms. The van der Waals surface area contributed by atoms with Gasteiger partial charge in [-0.2, -0.15) is 0 Å². The fraction of sp³-hybridized carbons (Fsp3) is 0.103. The Bertz CT molecular complexity index is 1150. The minimum Gasteiger partial charge on any atom is -0.368 e. The van der Waals surface area contributed by atoms with Crippen molar-refractivity contribution < 1.29 is 9.59 Å². The first kappa shape index (κ1) is 22.0. The first-order chi connectivity index (χ1) is 16.1. The van der Waals surface area contributed by atoms with Crippen LogP contribution in [0, 0.1) is 0 Å². The van der Waals surface area contributed by atoms with Crippen LogP contribution in [0.15, 0.2) is 115 Å². The Morgan fingerprint density at radius 1 is 0.636 bits per heavy atom. The molecule has 2 amide bonds. The highest BCUT2D eigenvalue weighted by Crippen LogP contribution is 2.25. The molecule has 0 radical (unpaired) electrons. The van der Waals surface area contributed by atoms with E-state index in [1.165, 1.54) is 0 Å². The summed E-state index contributed by atoms with van der Waals surface area (Å²) >= 11 is 0. The van der Waals surface area contributed by atoms with E-state index >= 15 is 0 Å². The number of hydrogen-bond donors (Lipinski definition) is 2.